The van der Waals surface area contributed by atoms with Crippen LogP contribution in [0.4, 0.5) is 10.7 Å². The van der Waals surface area contributed by atoms with E-state index in [0.717, 1.165) is 30.9 Å². The fourth-order valence-electron chi connectivity index (χ4n) is 2.01. The minimum atomic E-state index is -0.163. The Balaban J connectivity index is 3.23. The van der Waals surface area contributed by atoms with Crippen molar-refractivity contribution in [2.24, 2.45) is 0 Å². The highest BCUT2D eigenvalue weighted by Gasteiger charge is 2.25. The maximum absolute atomic E-state index is 12.0. The Labute approximate surface area is 131 Å². The molecule has 0 radical (unpaired) electrons. The quantitative estimate of drug-likeness (QED) is 0.774. The average Bonchev–Trinajstić information content (AvgIpc) is 2.76. The Morgan fingerprint density at radius 1 is 1.43 bits per heavy atom. The molecular formula is C15H27N3O2S. The van der Waals surface area contributed by atoms with Gasteiger partial charge in [-0.25, -0.2) is 0 Å². The van der Waals surface area contributed by atoms with Gasteiger partial charge in [-0.3, -0.25) is 4.79 Å². The third-order valence-electron chi connectivity index (χ3n) is 3.12. The fraction of sp³-hybridized carbons (Fsp3) is 0.667. The molecule has 0 bridgehead atoms. The van der Waals surface area contributed by atoms with Crippen LogP contribution in [0.2, 0.25) is 0 Å². The number of thiophene rings is 1. The second-order valence-electron chi connectivity index (χ2n) is 5.16. The number of hydrogen-bond donors (Lipinski definition) is 2. The molecule has 0 unspecified atom stereocenters. The number of nitrogen functional groups attached to an aromatic ring is 1. The maximum atomic E-state index is 12.0. The van der Waals surface area contributed by atoms with Crippen LogP contribution in [0.3, 0.4) is 0 Å². The Morgan fingerprint density at radius 2 is 2.10 bits per heavy atom. The van der Waals surface area contributed by atoms with E-state index in [2.05, 4.69) is 24.1 Å². The number of rotatable bonds is 8. The van der Waals surface area contributed by atoms with E-state index in [1.54, 1.807) is 7.05 Å². The number of anilines is 2. The Morgan fingerprint density at radius 3 is 2.57 bits per heavy atom. The molecule has 1 amide bonds. The summed E-state index contributed by atoms with van der Waals surface area (Å²) in [6.07, 6.45) is 2.24. The molecule has 3 N–H and O–H groups in total. The summed E-state index contributed by atoms with van der Waals surface area (Å²) in [6.45, 7) is 9.99. The summed E-state index contributed by atoms with van der Waals surface area (Å²) in [5.41, 5.74) is 6.59. The first-order chi connectivity index (χ1) is 9.96. The lowest BCUT2D eigenvalue weighted by molar-refractivity contribution is 0.0967. The highest BCUT2D eigenvalue weighted by molar-refractivity contribution is 7.19. The van der Waals surface area contributed by atoms with Crippen LogP contribution in [0.5, 0.6) is 5.75 Å². The second kappa shape index (κ2) is 8.12. The van der Waals surface area contributed by atoms with E-state index in [9.17, 15) is 4.79 Å². The molecule has 0 saturated heterocycles. The third-order valence-corrected chi connectivity index (χ3v) is 4.37. The number of nitrogens with zero attached hydrogens (tertiary/aromatic N) is 1. The van der Waals surface area contributed by atoms with Crippen LogP contribution in [0.25, 0.3) is 0 Å². The fourth-order valence-corrected chi connectivity index (χ4v) is 3.20. The van der Waals surface area contributed by atoms with Crippen LogP contribution < -0.4 is 20.7 Å². The van der Waals surface area contributed by atoms with Crippen molar-refractivity contribution in [1.82, 2.24) is 5.32 Å². The molecule has 6 heteroatoms. The molecule has 1 aromatic rings. The second-order valence-corrected chi connectivity index (χ2v) is 6.16. The van der Waals surface area contributed by atoms with Gasteiger partial charge in [0, 0.05) is 20.1 Å². The molecule has 0 aliphatic heterocycles. The van der Waals surface area contributed by atoms with Crippen molar-refractivity contribution in [2.75, 3.05) is 30.8 Å². The Bertz CT molecular complexity index is 472. The van der Waals surface area contributed by atoms with Gasteiger partial charge < -0.3 is 20.7 Å². The van der Waals surface area contributed by atoms with Gasteiger partial charge in [-0.05, 0) is 27.2 Å². The van der Waals surface area contributed by atoms with E-state index in [0.29, 0.717) is 16.3 Å². The van der Waals surface area contributed by atoms with Crippen LogP contribution in [-0.2, 0) is 0 Å². The minimum Gasteiger partial charge on any atom is -0.486 e. The van der Waals surface area contributed by atoms with E-state index >= 15 is 0 Å². The number of ether oxygens (including phenoxy) is 1. The van der Waals surface area contributed by atoms with E-state index < -0.39 is 0 Å². The molecular weight excluding hydrogens is 286 g/mol. The summed E-state index contributed by atoms with van der Waals surface area (Å²) in [7, 11) is 1.61. The van der Waals surface area contributed by atoms with Crippen LogP contribution in [0.15, 0.2) is 0 Å². The van der Waals surface area contributed by atoms with Crippen LogP contribution >= 0.6 is 11.3 Å². The summed E-state index contributed by atoms with van der Waals surface area (Å²) >= 11 is 1.41. The normalized spacial score (nSPS) is 10.8. The van der Waals surface area contributed by atoms with Crippen molar-refractivity contribution in [3.05, 3.63) is 4.88 Å². The zero-order valence-corrected chi connectivity index (χ0v) is 14.5. The standard InChI is InChI=1S/C15H27N3O2S/c1-6-8-9-18(7-2)15-12(20-10(3)4)11(16)13(21-15)14(19)17-5/h10H,6-9,16H2,1-5H3,(H,17,19). The van der Waals surface area contributed by atoms with Crippen LogP contribution in [-0.4, -0.2) is 32.1 Å². The first kappa shape index (κ1) is 17.6. The van der Waals surface area contributed by atoms with Gasteiger partial charge in [-0.2, -0.15) is 0 Å². The van der Waals surface area contributed by atoms with Crippen LogP contribution in [0.1, 0.15) is 50.2 Å². The highest BCUT2D eigenvalue weighted by Crippen LogP contribution is 2.45. The third kappa shape index (κ3) is 4.27. The minimum absolute atomic E-state index is 0.0167. The summed E-state index contributed by atoms with van der Waals surface area (Å²) in [5, 5.41) is 3.59. The Kier molecular flexibility index (Phi) is 6.81. The van der Waals surface area contributed by atoms with Crippen molar-refractivity contribution in [1.29, 1.82) is 0 Å². The summed E-state index contributed by atoms with van der Waals surface area (Å²) in [4.78, 5) is 14.7. The maximum Gasteiger partial charge on any atom is 0.263 e. The molecule has 0 atom stereocenters. The molecule has 0 aliphatic rings. The zero-order valence-electron chi connectivity index (χ0n) is 13.7. The van der Waals surface area contributed by atoms with Crippen molar-refractivity contribution in [3.63, 3.8) is 0 Å². The first-order valence-corrected chi connectivity index (χ1v) is 8.33. The molecule has 0 saturated carbocycles. The van der Waals surface area contributed by atoms with Gasteiger partial charge in [-0.15, -0.1) is 11.3 Å². The molecule has 120 valence electrons. The molecule has 0 aliphatic carbocycles. The number of nitrogens with one attached hydrogen (secondary N) is 1. The van der Waals surface area contributed by atoms with Gasteiger partial charge in [0.2, 0.25) is 0 Å². The van der Waals surface area contributed by atoms with Gasteiger partial charge in [-0.1, -0.05) is 13.3 Å². The lowest BCUT2D eigenvalue weighted by atomic mass is 10.3. The number of nitrogens with two attached hydrogens (primary N) is 1. The number of unbranched alkanes of at least 4 members (excludes halogenated alkanes) is 1. The molecule has 1 heterocycles. The zero-order chi connectivity index (χ0) is 16.0. The predicted molar refractivity (Wildman–Crippen MR) is 90.7 cm³/mol. The number of carbonyl (C=O) groups is 1. The molecule has 1 rings (SSSR count). The SMILES string of the molecule is CCCCN(CC)c1sc(C(=O)NC)c(N)c1OC(C)C. The smallest absolute Gasteiger partial charge is 0.263 e. The van der Waals surface area contributed by atoms with Crippen molar-refractivity contribution in [2.45, 2.75) is 46.6 Å². The van der Waals surface area contributed by atoms with E-state index in [4.69, 9.17) is 10.5 Å². The van der Waals surface area contributed by atoms with E-state index in [1.165, 1.54) is 11.3 Å². The van der Waals surface area contributed by atoms with E-state index in [-0.39, 0.29) is 12.0 Å². The lowest BCUT2D eigenvalue weighted by Crippen LogP contribution is -2.24. The highest BCUT2D eigenvalue weighted by atomic mass is 32.1. The molecule has 5 nitrogen and oxygen atoms in total. The van der Waals surface area contributed by atoms with Gasteiger partial charge in [0.25, 0.3) is 5.91 Å². The van der Waals surface area contributed by atoms with E-state index in [1.807, 2.05) is 13.8 Å². The number of amides is 1. The largest absolute Gasteiger partial charge is 0.486 e. The molecule has 21 heavy (non-hydrogen) atoms. The monoisotopic (exact) mass is 313 g/mol. The van der Waals surface area contributed by atoms with Crippen LogP contribution in [0, 0.1) is 0 Å². The van der Waals surface area contributed by atoms with Gasteiger partial charge in [0.05, 0.1) is 6.10 Å². The van der Waals surface area contributed by atoms with Gasteiger partial charge in [0.1, 0.15) is 15.6 Å². The van der Waals surface area contributed by atoms with Crippen molar-refractivity contribution in [3.8, 4) is 5.75 Å². The molecule has 1 aromatic heterocycles. The first-order valence-electron chi connectivity index (χ1n) is 7.52. The molecule has 0 fully saturated rings. The molecule has 0 aromatic carbocycles. The Hall–Kier alpha value is -1.43. The predicted octanol–water partition coefficient (Wildman–Crippen LogP) is 3.10. The number of hydrogen-bond acceptors (Lipinski definition) is 5. The molecule has 0 spiro atoms. The lowest BCUT2D eigenvalue weighted by Gasteiger charge is -2.23. The summed E-state index contributed by atoms with van der Waals surface area (Å²) in [6, 6.07) is 0. The van der Waals surface area contributed by atoms with Crippen molar-refractivity contribution >= 4 is 27.9 Å². The number of carbonyl (C=O) groups excluding carboxylic acids is 1. The van der Waals surface area contributed by atoms with Gasteiger partial charge in [0.15, 0.2) is 5.75 Å². The van der Waals surface area contributed by atoms with Crippen molar-refractivity contribution < 1.29 is 9.53 Å². The average molecular weight is 313 g/mol. The summed E-state index contributed by atoms with van der Waals surface area (Å²) in [5.74, 6) is 0.482. The summed E-state index contributed by atoms with van der Waals surface area (Å²) < 4.78 is 5.88. The topological polar surface area (TPSA) is 67.6 Å². The van der Waals surface area contributed by atoms with Gasteiger partial charge >= 0.3 is 0 Å².